The molecule has 0 aliphatic carbocycles. The number of hydrogen-bond acceptors (Lipinski definition) is 8. The Morgan fingerprint density at radius 1 is 1.09 bits per heavy atom. The highest BCUT2D eigenvalue weighted by atomic mass is 16.6. The molecule has 3 aromatic rings. The van der Waals surface area contributed by atoms with Gasteiger partial charge in [0.15, 0.2) is 11.6 Å². The van der Waals surface area contributed by atoms with Gasteiger partial charge in [-0.05, 0) is 30.3 Å². The van der Waals surface area contributed by atoms with Crippen molar-refractivity contribution in [1.29, 1.82) is 0 Å². The molecule has 0 bridgehead atoms. The molecule has 1 spiro atoms. The molecule has 1 aromatic heterocycles. The summed E-state index contributed by atoms with van der Waals surface area (Å²) in [6.07, 6.45) is 1.73. The number of piperidine rings is 1. The number of carbonyl (C=O) groups is 1. The third-order valence-corrected chi connectivity index (χ3v) is 6.30. The minimum atomic E-state index is -0.508. The van der Waals surface area contributed by atoms with Gasteiger partial charge in [0, 0.05) is 43.6 Å². The van der Waals surface area contributed by atoms with Crippen LogP contribution in [0.25, 0.3) is 11.3 Å². The van der Waals surface area contributed by atoms with Crippen molar-refractivity contribution in [3.05, 3.63) is 70.3 Å². The second-order valence-electron chi connectivity index (χ2n) is 8.32. The third-order valence-electron chi connectivity index (χ3n) is 6.30. The van der Waals surface area contributed by atoms with E-state index in [1.165, 1.54) is 12.1 Å². The van der Waals surface area contributed by atoms with E-state index in [1.54, 1.807) is 37.4 Å². The van der Waals surface area contributed by atoms with Gasteiger partial charge in [-0.15, -0.1) is 10.2 Å². The van der Waals surface area contributed by atoms with Crippen LogP contribution in [0, 0.1) is 10.1 Å². The first-order valence-electron chi connectivity index (χ1n) is 10.7. The van der Waals surface area contributed by atoms with Crippen LogP contribution in [0.3, 0.4) is 0 Å². The zero-order valence-corrected chi connectivity index (χ0v) is 18.1. The van der Waals surface area contributed by atoms with E-state index in [2.05, 4.69) is 15.1 Å². The summed E-state index contributed by atoms with van der Waals surface area (Å²) in [5, 5.41) is 19.6. The molecule has 0 N–H and O–H groups in total. The van der Waals surface area contributed by atoms with E-state index in [-0.39, 0.29) is 11.5 Å². The molecular formula is C24H22N4O5. The summed E-state index contributed by atoms with van der Waals surface area (Å²) in [5.74, 6) is 2.06. The standard InChI is InChI=1S/C24H22N4O5/c1-32-18-5-7-22-19(14-18)21(29)15-24(33-22)9-11-27(12-10-24)23-8-6-20(25-26-23)16-3-2-4-17(13-16)28(30)31/h2-8,13-14H,9-12,15H2,1H3. The van der Waals surface area contributed by atoms with Gasteiger partial charge in [-0.25, -0.2) is 0 Å². The molecule has 5 rings (SSSR count). The lowest BCUT2D eigenvalue weighted by Crippen LogP contribution is -2.51. The van der Waals surface area contributed by atoms with Crippen LogP contribution in [0.1, 0.15) is 29.6 Å². The number of methoxy groups -OCH3 is 1. The smallest absolute Gasteiger partial charge is 0.270 e. The SMILES string of the molecule is COc1ccc2c(c1)C(=O)CC1(CCN(c3ccc(-c4cccc([N+](=O)[O-])c4)nn3)CC1)O2. The number of nitrogens with zero attached hydrogens (tertiary/aromatic N) is 4. The molecule has 9 heteroatoms. The van der Waals surface area contributed by atoms with Crippen LogP contribution in [-0.2, 0) is 0 Å². The van der Waals surface area contributed by atoms with Gasteiger partial charge in [0.1, 0.15) is 17.1 Å². The van der Waals surface area contributed by atoms with Crippen LogP contribution in [-0.4, -0.2) is 46.7 Å². The number of Topliss-reactive ketones (excluding diaryl/α,β-unsaturated/α-hetero) is 1. The van der Waals surface area contributed by atoms with Gasteiger partial charge in [-0.1, -0.05) is 12.1 Å². The van der Waals surface area contributed by atoms with Crippen molar-refractivity contribution in [2.45, 2.75) is 24.9 Å². The fraction of sp³-hybridized carbons (Fsp3) is 0.292. The number of ketones is 1. The third kappa shape index (κ3) is 3.97. The van der Waals surface area contributed by atoms with Gasteiger partial charge in [0.2, 0.25) is 0 Å². The van der Waals surface area contributed by atoms with Crippen molar-refractivity contribution in [3.63, 3.8) is 0 Å². The summed E-state index contributed by atoms with van der Waals surface area (Å²) in [6.45, 7) is 1.37. The summed E-state index contributed by atoms with van der Waals surface area (Å²) in [5.41, 5.74) is 1.30. The first-order valence-corrected chi connectivity index (χ1v) is 10.7. The van der Waals surface area contributed by atoms with Gasteiger partial charge < -0.3 is 14.4 Å². The number of aromatic nitrogens is 2. The Morgan fingerprint density at radius 2 is 1.91 bits per heavy atom. The molecule has 0 amide bonds. The van der Waals surface area contributed by atoms with E-state index in [4.69, 9.17) is 9.47 Å². The number of benzene rings is 2. The molecule has 168 valence electrons. The highest BCUT2D eigenvalue weighted by Crippen LogP contribution is 2.41. The Balaban J connectivity index is 1.28. The minimum Gasteiger partial charge on any atom is -0.497 e. The quantitative estimate of drug-likeness (QED) is 0.436. The van der Waals surface area contributed by atoms with Crippen molar-refractivity contribution in [2.75, 3.05) is 25.1 Å². The molecule has 1 saturated heterocycles. The lowest BCUT2D eigenvalue weighted by molar-refractivity contribution is -0.384. The van der Waals surface area contributed by atoms with E-state index in [0.717, 1.165) is 5.82 Å². The average Bonchev–Trinajstić information content (AvgIpc) is 2.84. The largest absolute Gasteiger partial charge is 0.497 e. The predicted octanol–water partition coefficient (Wildman–Crippen LogP) is 4.06. The molecule has 0 atom stereocenters. The number of hydrogen-bond donors (Lipinski definition) is 0. The van der Waals surface area contributed by atoms with Crippen LogP contribution >= 0.6 is 0 Å². The van der Waals surface area contributed by atoms with Crippen LogP contribution in [0.2, 0.25) is 0 Å². The molecule has 2 aliphatic heterocycles. The Hall–Kier alpha value is -4.01. The van der Waals surface area contributed by atoms with Gasteiger partial charge in [0.25, 0.3) is 5.69 Å². The Labute approximate surface area is 190 Å². The second-order valence-corrected chi connectivity index (χ2v) is 8.32. The summed E-state index contributed by atoms with van der Waals surface area (Å²) in [4.78, 5) is 25.5. The van der Waals surface area contributed by atoms with Crippen LogP contribution in [0.4, 0.5) is 11.5 Å². The van der Waals surface area contributed by atoms with E-state index in [0.29, 0.717) is 60.7 Å². The molecule has 2 aliphatic rings. The van der Waals surface area contributed by atoms with Gasteiger partial charge >= 0.3 is 0 Å². The summed E-state index contributed by atoms with van der Waals surface area (Å²) in [6, 6.07) is 15.4. The number of fused-ring (bicyclic) bond motifs is 1. The van der Waals surface area contributed by atoms with E-state index in [1.807, 2.05) is 12.1 Å². The van der Waals surface area contributed by atoms with Gasteiger partial charge in [0.05, 0.1) is 29.7 Å². The van der Waals surface area contributed by atoms with Crippen molar-refractivity contribution in [1.82, 2.24) is 10.2 Å². The van der Waals surface area contributed by atoms with E-state index in [9.17, 15) is 14.9 Å². The van der Waals surface area contributed by atoms with Crippen molar-refractivity contribution in [3.8, 4) is 22.8 Å². The molecular weight excluding hydrogens is 424 g/mol. The van der Waals surface area contributed by atoms with E-state index >= 15 is 0 Å². The summed E-state index contributed by atoms with van der Waals surface area (Å²) < 4.78 is 11.6. The van der Waals surface area contributed by atoms with Gasteiger partial charge in [-0.2, -0.15) is 0 Å². The molecule has 9 nitrogen and oxygen atoms in total. The first kappa shape index (κ1) is 20.9. The maximum absolute atomic E-state index is 12.8. The maximum atomic E-state index is 12.8. The normalized spacial score (nSPS) is 16.8. The molecule has 33 heavy (non-hydrogen) atoms. The zero-order valence-electron chi connectivity index (χ0n) is 18.1. The number of carbonyl (C=O) groups excluding carboxylic acids is 1. The fourth-order valence-corrected chi connectivity index (χ4v) is 4.45. The Morgan fingerprint density at radius 3 is 2.61 bits per heavy atom. The second kappa shape index (κ2) is 8.16. The molecule has 0 saturated carbocycles. The molecule has 3 heterocycles. The molecule has 0 radical (unpaired) electrons. The topological polar surface area (TPSA) is 108 Å². The summed E-state index contributed by atoms with van der Waals surface area (Å²) >= 11 is 0. The summed E-state index contributed by atoms with van der Waals surface area (Å²) in [7, 11) is 1.58. The fourth-order valence-electron chi connectivity index (χ4n) is 4.45. The zero-order chi connectivity index (χ0) is 23.0. The number of anilines is 1. The predicted molar refractivity (Wildman–Crippen MR) is 121 cm³/mol. The highest BCUT2D eigenvalue weighted by Gasteiger charge is 2.43. The van der Waals surface area contributed by atoms with Crippen LogP contribution < -0.4 is 14.4 Å². The van der Waals surface area contributed by atoms with Gasteiger partial charge in [-0.3, -0.25) is 14.9 Å². The highest BCUT2D eigenvalue weighted by molar-refractivity contribution is 6.00. The van der Waals surface area contributed by atoms with Crippen molar-refractivity contribution >= 4 is 17.3 Å². The van der Waals surface area contributed by atoms with Crippen LogP contribution in [0.15, 0.2) is 54.6 Å². The maximum Gasteiger partial charge on any atom is 0.270 e. The molecule has 2 aromatic carbocycles. The number of nitro benzene ring substituents is 1. The number of ether oxygens (including phenoxy) is 2. The molecule has 0 unspecified atom stereocenters. The average molecular weight is 446 g/mol. The lowest BCUT2D eigenvalue weighted by Gasteiger charge is -2.44. The Kier molecular flexibility index (Phi) is 5.16. The van der Waals surface area contributed by atoms with Crippen molar-refractivity contribution < 1.29 is 19.2 Å². The minimum absolute atomic E-state index is 0.0155. The molecule has 1 fully saturated rings. The van der Waals surface area contributed by atoms with Crippen LogP contribution in [0.5, 0.6) is 11.5 Å². The van der Waals surface area contributed by atoms with Crippen molar-refractivity contribution in [2.24, 2.45) is 0 Å². The van der Waals surface area contributed by atoms with E-state index < -0.39 is 10.5 Å². The first-order chi connectivity index (χ1) is 16.0. The lowest BCUT2D eigenvalue weighted by atomic mass is 9.82. The Bertz CT molecular complexity index is 1220. The number of nitro groups is 1. The number of rotatable bonds is 4. The monoisotopic (exact) mass is 446 g/mol. The number of non-ortho nitro benzene ring substituents is 1.